The van der Waals surface area contributed by atoms with Gasteiger partial charge < -0.3 is 0 Å². The quantitative estimate of drug-likeness (QED) is 0.184. The zero-order chi connectivity index (χ0) is 24.7. The molecule has 36 heavy (non-hydrogen) atoms. The number of fused-ring (bicyclic) bond motifs is 12. The highest BCUT2D eigenvalue weighted by Gasteiger charge is 2.50. The molecule has 1 spiro atoms. The smallest absolute Gasteiger partial charge is 0.0619 e. The fourth-order valence-corrected chi connectivity index (χ4v) is 7.14. The van der Waals surface area contributed by atoms with Crippen LogP contribution in [0.2, 0.25) is 0 Å². The van der Waals surface area contributed by atoms with Crippen LogP contribution in [0.15, 0.2) is 114 Å². The molecule has 174 valence electrons. The fourth-order valence-electron chi connectivity index (χ4n) is 6.56. The van der Waals surface area contributed by atoms with E-state index in [4.69, 9.17) is 0 Å². The van der Waals surface area contributed by atoms with Crippen LogP contribution in [0.3, 0.4) is 0 Å². The van der Waals surface area contributed by atoms with Gasteiger partial charge in [-0.2, -0.15) is 0 Å². The van der Waals surface area contributed by atoms with Crippen LogP contribution in [0.5, 0.6) is 0 Å². The van der Waals surface area contributed by atoms with Gasteiger partial charge in [-0.05, 0) is 67.1 Å². The van der Waals surface area contributed by atoms with Crippen molar-refractivity contribution < 1.29 is 0 Å². The molecule has 5 aromatic rings. The summed E-state index contributed by atoms with van der Waals surface area (Å²) in [5.41, 5.74) is 14.3. The lowest BCUT2D eigenvalue weighted by Gasteiger charge is -2.36. The van der Waals surface area contributed by atoms with Gasteiger partial charge in [0.2, 0.25) is 0 Å². The Labute approximate surface area is 221 Å². The topological polar surface area (TPSA) is 0 Å². The van der Waals surface area contributed by atoms with Crippen molar-refractivity contribution in [1.82, 2.24) is 0 Å². The average molecular weight is 528 g/mol. The first-order chi connectivity index (χ1) is 17.4. The Morgan fingerprint density at radius 3 is 1.69 bits per heavy atom. The van der Waals surface area contributed by atoms with Crippen molar-refractivity contribution >= 4 is 15.9 Å². The summed E-state index contributed by atoms with van der Waals surface area (Å²) in [5.74, 6) is 0. The van der Waals surface area contributed by atoms with Gasteiger partial charge in [0, 0.05) is 10.0 Å². The second-order valence-electron chi connectivity index (χ2n) is 11.1. The summed E-state index contributed by atoms with van der Waals surface area (Å²) in [7, 11) is 0. The first-order valence-corrected chi connectivity index (χ1v) is 13.4. The van der Waals surface area contributed by atoms with E-state index in [-0.39, 0.29) is 5.41 Å². The predicted molar refractivity (Wildman–Crippen MR) is 155 cm³/mol. The molecule has 2 aliphatic rings. The van der Waals surface area contributed by atoms with Crippen molar-refractivity contribution in [3.8, 4) is 33.4 Å². The molecule has 1 unspecified atom stereocenters. The number of benzene rings is 5. The molecule has 0 bridgehead atoms. The van der Waals surface area contributed by atoms with E-state index in [9.17, 15) is 0 Å². The fraction of sp³-hybridized carbons (Fsp3) is 0.143. The van der Waals surface area contributed by atoms with Gasteiger partial charge in [0.25, 0.3) is 0 Å². The largest absolute Gasteiger partial charge is 0.0726 e. The molecule has 0 nitrogen and oxygen atoms in total. The molecule has 1 atom stereocenters. The van der Waals surface area contributed by atoms with Gasteiger partial charge in [-0.15, -0.1) is 0 Å². The molecule has 0 amide bonds. The van der Waals surface area contributed by atoms with Crippen LogP contribution in [-0.2, 0) is 10.8 Å². The van der Waals surface area contributed by atoms with Crippen LogP contribution in [0.4, 0.5) is 0 Å². The lowest BCUT2D eigenvalue weighted by molar-refractivity contribution is 0.588. The van der Waals surface area contributed by atoms with Crippen LogP contribution in [0.1, 0.15) is 48.6 Å². The maximum Gasteiger partial charge on any atom is 0.0726 e. The highest BCUT2D eigenvalue weighted by molar-refractivity contribution is 9.10. The molecule has 0 fully saturated rings. The van der Waals surface area contributed by atoms with E-state index in [0.29, 0.717) is 0 Å². The van der Waals surface area contributed by atoms with Crippen molar-refractivity contribution in [3.63, 3.8) is 0 Å². The summed E-state index contributed by atoms with van der Waals surface area (Å²) in [6.45, 7) is 6.93. The molecule has 0 radical (unpaired) electrons. The number of hydrogen-bond acceptors (Lipinski definition) is 0. The van der Waals surface area contributed by atoms with E-state index < -0.39 is 5.41 Å². The van der Waals surface area contributed by atoms with Crippen molar-refractivity contribution in [3.05, 3.63) is 141 Å². The van der Waals surface area contributed by atoms with E-state index in [1.807, 2.05) is 0 Å². The third-order valence-corrected chi connectivity index (χ3v) is 8.81. The average Bonchev–Trinajstić information content (AvgIpc) is 3.12. The molecule has 5 aromatic carbocycles. The lowest BCUT2D eigenvalue weighted by Crippen LogP contribution is -2.30. The van der Waals surface area contributed by atoms with Crippen molar-refractivity contribution in [1.29, 1.82) is 0 Å². The molecule has 2 aliphatic carbocycles. The third kappa shape index (κ3) is 2.75. The molecule has 0 saturated carbocycles. The maximum atomic E-state index is 3.99. The highest BCUT2D eigenvalue weighted by atomic mass is 79.9. The first kappa shape index (κ1) is 21.8. The molecule has 0 aromatic heterocycles. The van der Waals surface area contributed by atoms with Crippen LogP contribution in [0, 0.1) is 0 Å². The van der Waals surface area contributed by atoms with Gasteiger partial charge in [0.15, 0.2) is 0 Å². The Bertz CT molecular complexity index is 1680. The van der Waals surface area contributed by atoms with E-state index in [0.717, 1.165) is 4.47 Å². The van der Waals surface area contributed by atoms with Gasteiger partial charge in [-0.3, -0.25) is 0 Å². The third-order valence-electron chi connectivity index (χ3n) is 8.15. The molecular weight excluding hydrogens is 500 g/mol. The van der Waals surface area contributed by atoms with Gasteiger partial charge in [-0.1, -0.05) is 140 Å². The van der Waals surface area contributed by atoms with Gasteiger partial charge >= 0.3 is 0 Å². The Balaban J connectivity index is 1.76. The Hall–Kier alpha value is -3.42. The second-order valence-corrected chi connectivity index (χ2v) is 11.9. The van der Waals surface area contributed by atoms with Gasteiger partial charge in [0.05, 0.1) is 5.41 Å². The van der Waals surface area contributed by atoms with E-state index in [2.05, 4.69) is 146 Å². The normalized spacial score (nSPS) is 17.0. The molecule has 0 aliphatic heterocycles. The molecule has 0 saturated heterocycles. The zero-order valence-corrected chi connectivity index (χ0v) is 22.4. The monoisotopic (exact) mass is 526 g/mol. The van der Waals surface area contributed by atoms with Crippen LogP contribution < -0.4 is 0 Å². The number of rotatable bonds is 0. The van der Waals surface area contributed by atoms with Gasteiger partial charge in [0.1, 0.15) is 0 Å². The summed E-state index contributed by atoms with van der Waals surface area (Å²) in [4.78, 5) is 0. The summed E-state index contributed by atoms with van der Waals surface area (Å²) in [5, 5.41) is 0. The summed E-state index contributed by atoms with van der Waals surface area (Å²) < 4.78 is 1.14. The van der Waals surface area contributed by atoms with E-state index >= 15 is 0 Å². The maximum absolute atomic E-state index is 3.99. The Kier molecular flexibility index (Phi) is 4.57. The summed E-state index contributed by atoms with van der Waals surface area (Å²) in [6, 6.07) is 40.9. The SMILES string of the molecule is CC(C)(C)c1ccc2c(c1)C1(c3ccccc3-c3ccccc3-c3c(Br)cccc31)c1ccccc1-2. The minimum atomic E-state index is -0.415. The number of hydrogen-bond donors (Lipinski definition) is 0. The minimum absolute atomic E-state index is 0.0539. The minimum Gasteiger partial charge on any atom is -0.0619 e. The summed E-state index contributed by atoms with van der Waals surface area (Å²) >= 11 is 3.99. The van der Waals surface area contributed by atoms with Crippen LogP contribution in [0.25, 0.3) is 33.4 Å². The highest BCUT2D eigenvalue weighted by Crippen LogP contribution is 2.62. The Morgan fingerprint density at radius 2 is 1.03 bits per heavy atom. The standard InChI is InChI=1S/C35H27Br/c1-34(2,3)22-19-20-26-25-13-7-9-16-29(25)35(31(26)21-22)28-15-8-6-12-24(28)23-11-4-5-14-27(23)33-30(35)17-10-18-32(33)36/h4-21H,1-3H3. The van der Waals surface area contributed by atoms with E-state index in [1.165, 1.54) is 61.2 Å². The van der Waals surface area contributed by atoms with E-state index in [1.54, 1.807) is 0 Å². The molecule has 1 heteroatoms. The van der Waals surface area contributed by atoms with Crippen molar-refractivity contribution in [2.45, 2.75) is 31.6 Å². The predicted octanol–water partition coefficient (Wildman–Crippen LogP) is 9.76. The van der Waals surface area contributed by atoms with Crippen molar-refractivity contribution in [2.75, 3.05) is 0 Å². The van der Waals surface area contributed by atoms with Gasteiger partial charge in [-0.25, -0.2) is 0 Å². The van der Waals surface area contributed by atoms with Crippen molar-refractivity contribution in [2.24, 2.45) is 0 Å². The summed E-state index contributed by atoms with van der Waals surface area (Å²) in [6.07, 6.45) is 0. The second kappa shape index (κ2) is 7.54. The zero-order valence-electron chi connectivity index (χ0n) is 20.8. The van der Waals surface area contributed by atoms with Crippen LogP contribution >= 0.6 is 15.9 Å². The molecule has 0 heterocycles. The van der Waals surface area contributed by atoms with Crippen LogP contribution in [-0.4, -0.2) is 0 Å². The first-order valence-electron chi connectivity index (χ1n) is 12.7. The lowest BCUT2D eigenvalue weighted by atomic mass is 9.65. The molecule has 0 N–H and O–H groups in total. The molecular formula is C35H27Br. The molecule has 7 rings (SSSR count). The Morgan fingerprint density at radius 1 is 0.500 bits per heavy atom. The number of halogens is 1.